The average molecular weight is 477 g/mol. The standard InChI is InChI=1S/C23H48N4O2S2/c1-22(2,3)19-21(29)26-14-18-31-30-17-13-25-20(28)11-16-27(23(4,5)6)15-10-8-7-9-12-24/h7-19,24H2,1-6H3,(H,25,28)(H,26,29). The van der Waals surface area contributed by atoms with Gasteiger partial charge in [0, 0.05) is 49.5 Å². The lowest BCUT2D eigenvalue weighted by Gasteiger charge is -2.35. The molecule has 0 aromatic heterocycles. The number of amides is 2. The van der Waals surface area contributed by atoms with Crippen molar-refractivity contribution in [3.05, 3.63) is 0 Å². The second-order valence-electron chi connectivity index (χ2n) is 10.2. The van der Waals surface area contributed by atoms with Crippen LogP contribution in [0.3, 0.4) is 0 Å². The molecule has 0 atom stereocenters. The van der Waals surface area contributed by atoms with E-state index in [-0.39, 0.29) is 22.8 Å². The van der Waals surface area contributed by atoms with Crippen LogP contribution in [0.25, 0.3) is 0 Å². The Morgan fingerprint density at radius 2 is 1.35 bits per heavy atom. The Balaban J connectivity index is 3.81. The second kappa shape index (κ2) is 17.1. The number of hydrogen-bond acceptors (Lipinski definition) is 6. The van der Waals surface area contributed by atoms with Gasteiger partial charge in [-0.15, -0.1) is 0 Å². The molecule has 0 saturated carbocycles. The first-order valence-corrected chi connectivity index (χ1v) is 14.2. The summed E-state index contributed by atoms with van der Waals surface area (Å²) in [5.41, 5.74) is 5.66. The SMILES string of the molecule is CC(C)(C)CC(=O)NCCSSCCNC(=O)CCN(CCCCCCN)C(C)(C)C. The Bertz CT molecular complexity index is 491. The third-order valence-electron chi connectivity index (χ3n) is 4.73. The number of nitrogens with one attached hydrogen (secondary N) is 2. The van der Waals surface area contributed by atoms with Gasteiger partial charge in [-0.25, -0.2) is 0 Å². The predicted octanol–water partition coefficient (Wildman–Crippen LogP) is 4.05. The summed E-state index contributed by atoms with van der Waals surface area (Å²) in [6.07, 6.45) is 5.73. The molecule has 0 aliphatic heterocycles. The average Bonchev–Trinajstić information content (AvgIpc) is 2.63. The van der Waals surface area contributed by atoms with E-state index in [9.17, 15) is 9.59 Å². The summed E-state index contributed by atoms with van der Waals surface area (Å²) in [5.74, 6) is 1.99. The van der Waals surface area contributed by atoms with Crippen molar-refractivity contribution < 1.29 is 9.59 Å². The van der Waals surface area contributed by atoms with Gasteiger partial charge in [0.15, 0.2) is 0 Å². The topological polar surface area (TPSA) is 87.5 Å². The molecule has 0 radical (unpaired) electrons. The molecule has 0 aliphatic carbocycles. The van der Waals surface area contributed by atoms with Gasteiger partial charge in [-0.1, -0.05) is 55.2 Å². The molecule has 0 fully saturated rings. The van der Waals surface area contributed by atoms with Crippen molar-refractivity contribution >= 4 is 33.4 Å². The Hall–Kier alpha value is -0.440. The number of hydrogen-bond donors (Lipinski definition) is 3. The molecule has 2 amide bonds. The van der Waals surface area contributed by atoms with Gasteiger partial charge < -0.3 is 16.4 Å². The maximum Gasteiger partial charge on any atom is 0.221 e. The first-order valence-electron chi connectivity index (χ1n) is 11.7. The number of nitrogens with zero attached hydrogens (tertiary/aromatic N) is 1. The molecule has 0 aromatic carbocycles. The molecule has 4 N–H and O–H groups in total. The van der Waals surface area contributed by atoms with E-state index in [1.54, 1.807) is 21.6 Å². The monoisotopic (exact) mass is 476 g/mol. The number of carbonyl (C=O) groups is 2. The highest BCUT2D eigenvalue weighted by molar-refractivity contribution is 8.76. The van der Waals surface area contributed by atoms with Gasteiger partial charge in [-0.05, 0) is 52.1 Å². The van der Waals surface area contributed by atoms with Crippen LogP contribution in [-0.4, -0.2) is 66.5 Å². The summed E-state index contributed by atoms with van der Waals surface area (Å²) >= 11 is 0. The van der Waals surface area contributed by atoms with Crippen molar-refractivity contribution in [2.45, 2.75) is 85.6 Å². The minimum atomic E-state index is 0.0264. The minimum absolute atomic E-state index is 0.0264. The van der Waals surface area contributed by atoms with E-state index in [0.29, 0.717) is 25.9 Å². The van der Waals surface area contributed by atoms with Gasteiger partial charge in [0.05, 0.1) is 0 Å². The Morgan fingerprint density at radius 3 is 1.87 bits per heavy atom. The molecule has 0 aromatic rings. The van der Waals surface area contributed by atoms with Gasteiger partial charge in [0.2, 0.25) is 11.8 Å². The van der Waals surface area contributed by atoms with E-state index in [1.165, 1.54) is 12.8 Å². The van der Waals surface area contributed by atoms with E-state index >= 15 is 0 Å². The molecule has 0 bridgehead atoms. The third-order valence-corrected chi connectivity index (χ3v) is 7.14. The molecule has 184 valence electrons. The van der Waals surface area contributed by atoms with Crippen molar-refractivity contribution in [1.29, 1.82) is 0 Å². The summed E-state index contributed by atoms with van der Waals surface area (Å²) in [5, 5.41) is 5.98. The number of unbranched alkanes of at least 4 members (excludes halogenated alkanes) is 3. The fourth-order valence-electron chi connectivity index (χ4n) is 3.03. The first kappa shape index (κ1) is 30.6. The smallest absolute Gasteiger partial charge is 0.221 e. The molecule has 0 heterocycles. The number of carbonyl (C=O) groups excluding carboxylic acids is 2. The summed E-state index contributed by atoms with van der Waals surface area (Å²) in [4.78, 5) is 26.4. The molecule has 8 heteroatoms. The van der Waals surface area contributed by atoms with Crippen LogP contribution in [0.2, 0.25) is 0 Å². The maximum atomic E-state index is 12.2. The summed E-state index contributed by atoms with van der Waals surface area (Å²) in [6.45, 7) is 16.8. The summed E-state index contributed by atoms with van der Waals surface area (Å²) < 4.78 is 0. The van der Waals surface area contributed by atoms with Crippen molar-refractivity contribution in [1.82, 2.24) is 15.5 Å². The third kappa shape index (κ3) is 19.9. The van der Waals surface area contributed by atoms with Crippen molar-refractivity contribution in [3.63, 3.8) is 0 Å². The van der Waals surface area contributed by atoms with E-state index in [1.807, 2.05) is 0 Å². The highest BCUT2D eigenvalue weighted by Crippen LogP contribution is 2.20. The molecule has 0 rings (SSSR count). The zero-order valence-corrected chi connectivity index (χ0v) is 22.5. The van der Waals surface area contributed by atoms with E-state index < -0.39 is 0 Å². The molecule has 0 aliphatic rings. The van der Waals surface area contributed by atoms with E-state index in [4.69, 9.17) is 5.73 Å². The van der Waals surface area contributed by atoms with E-state index in [0.717, 1.165) is 44.0 Å². The first-order chi connectivity index (χ1) is 14.5. The molecule has 0 unspecified atom stereocenters. The van der Waals surface area contributed by atoms with Crippen LogP contribution >= 0.6 is 21.6 Å². The lowest BCUT2D eigenvalue weighted by Crippen LogP contribution is -2.44. The molecule has 31 heavy (non-hydrogen) atoms. The quantitative estimate of drug-likeness (QED) is 0.217. The van der Waals surface area contributed by atoms with Crippen molar-refractivity contribution in [2.24, 2.45) is 11.1 Å². The molecular weight excluding hydrogens is 428 g/mol. The molecule has 0 saturated heterocycles. The zero-order chi connectivity index (χ0) is 23.8. The Kier molecular flexibility index (Phi) is 16.8. The van der Waals surface area contributed by atoms with Gasteiger partial charge >= 0.3 is 0 Å². The molecule has 6 nitrogen and oxygen atoms in total. The fraction of sp³-hybridized carbons (Fsp3) is 0.913. The highest BCUT2D eigenvalue weighted by atomic mass is 33.1. The maximum absolute atomic E-state index is 12.2. The Labute approximate surface area is 199 Å². The second-order valence-corrected chi connectivity index (χ2v) is 12.9. The Morgan fingerprint density at radius 1 is 0.806 bits per heavy atom. The summed E-state index contributed by atoms with van der Waals surface area (Å²) in [6, 6.07) is 0. The van der Waals surface area contributed by atoms with Crippen LogP contribution in [-0.2, 0) is 9.59 Å². The minimum Gasteiger partial charge on any atom is -0.355 e. The lowest BCUT2D eigenvalue weighted by molar-refractivity contribution is -0.123. The predicted molar refractivity (Wildman–Crippen MR) is 138 cm³/mol. The number of nitrogens with two attached hydrogens (primary N) is 1. The van der Waals surface area contributed by atoms with Crippen LogP contribution in [0.4, 0.5) is 0 Å². The van der Waals surface area contributed by atoms with Crippen LogP contribution in [0.1, 0.15) is 80.1 Å². The van der Waals surface area contributed by atoms with Gasteiger partial charge in [0.1, 0.15) is 0 Å². The number of rotatable bonds is 17. The lowest BCUT2D eigenvalue weighted by atomic mass is 9.92. The van der Waals surface area contributed by atoms with Crippen molar-refractivity contribution in [3.8, 4) is 0 Å². The van der Waals surface area contributed by atoms with Gasteiger partial charge in [0.25, 0.3) is 0 Å². The van der Waals surface area contributed by atoms with Gasteiger partial charge in [-0.2, -0.15) is 0 Å². The highest BCUT2D eigenvalue weighted by Gasteiger charge is 2.21. The van der Waals surface area contributed by atoms with Gasteiger partial charge in [-0.3, -0.25) is 14.5 Å². The van der Waals surface area contributed by atoms with Crippen LogP contribution in [0.15, 0.2) is 0 Å². The van der Waals surface area contributed by atoms with Crippen LogP contribution in [0.5, 0.6) is 0 Å². The zero-order valence-electron chi connectivity index (χ0n) is 20.8. The normalized spacial score (nSPS) is 12.3. The van der Waals surface area contributed by atoms with Crippen molar-refractivity contribution in [2.75, 3.05) is 44.2 Å². The molecular formula is C23H48N4O2S2. The fourth-order valence-corrected chi connectivity index (χ4v) is 4.85. The summed E-state index contributed by atoms with van der Waals surface area (Å²) in [7, 11) is 3.47. The van der Waals surface area contributed by atoms with E-state index in [2.05, 4.69) is 57.1 Å². The molecule has 0 spiro atoms. The largest absolute Gasteiger partial charge is 0.355 e. The van der Waals surface area contributed by atoms with Crippen LogP contribution < -0.4 is 16.4 Å². The van der Waals surface area contributed by atoms with Crippen LogP contribution in [0, 0.1) is 5.41 Å².